The zero-order valence-electron chi connectivity index (χ0n) is 10.6. The largest absolute Gasteiger partial charge is 0.330 e. The molecule has 0 aromatic rings. The highest BCUT2D eigenvalue weighted by atomic mass is 15.0. The number of nitrogens with two attached hydrogens (primary N) is 2. The molecule has 3 nitrogen and oxygen atoms in total. The zero-order valence-corrected chi connectivity index (χ0v) is 10.6. The van der Waals surface area contributed by atoms with E-state index in [1.54, 1.807) is 0 Å². The van der Waals surface area contributed by atoms with Crippen LogP contribution in [0.5, 0.6) is 0 Å². The molecule has 0 aromatic carbocycles. The van der Waals surface area contributed by atoms with Gasteiger partial charge in [0.25, 0.3) is 0 Å². The molecule has 1 aliphatic rings. The second-order valence-electron chi connectivity index (χ2n) is 6.29. The number of hydrogen-bond acceptors (Lipinski definition) is 3. The van der Waals surface area contributed by atoms with Gasteiger partial charge in [-0.05, 0) is 65.5 Å². The third kappa shape index (κ3) is 3.44. The molecule has 0 aliphatic carbocycles. The van der Waals surface area contributed by atoms with Gasteiger partial charge in [-0.2, -0.15) is 0 Å². The van der Waals surface area contributed by atoms with Gasteiger partial charge in [-0.3, -0.25) is 0 Å². The summed E-state index contributed by atoms with van der Waals surface area (Å²) >= 11 is 0. The van der Waals surface area contributed by atoms with Crippen molar-refractivity contribution in [1.82, 2.24) is 5.32 Å². The van der Waals surface area contributed by atoms with Crippen LogP contribution in [-0.2, 0) is 0 Å². The van der Waals surface area contributed by atoms with E-state index < -0.39 is 0 Å². The third-order valence-electron chi connectivity index (χ3n) is 3.49. The molecular formula is C12H27N3. The minimum Gasteiger partial charge on any atom is -0.330 e. The SMILES string of the molecule is CC1(C)CC(C(CN)CN)CC(C)(C)N1. The molecule has 1 rings (SSSR count). The highest BCUT2D eigenvalue weighted by molar-refractivity contribution is 4.98. The van der Waals surface area contributed by atoms with Crippen molar-refractivity contribution in [2.75, 3.05) is 13.1 Å². The third-order valence-corrected chi connectivity index (χ3v) is 3.49. The first kappa shape index (κ1) is 12.9. The Hall–Kier alpha value is -0.120. The average molecular weight is 213 g/mol. The van der Waals surface area contributed by atoms with Crippen LogP contribution in [0.4, 0.5) is 0 Å². The predicted octanol–water partition coefficient (Wildman–Crippen LogP) is 1.08. The molecule has 0 bridgehead atoms. The topological polar surface area (TPSA) is 64.1 Å². The van der Waals surface area contributed by atoms with Gasteiger partial charge in [0.1, 0.15) is 0 Å². The lowest BCUT2D eigenvalue weighted by molar-refractivity contribution is 0.0969. The molecule has 90 valence electrons. The van der Waals surface area contributed by atoms with Crippen LogP contribution in [0.3, 0.4) is 0 Å². The quantitative estimate of drug-likeness (QED) is 0.657. The normalized spacial score (nSPS) is 25.8. The lowest BCUT2D eigenvalue weighted by Gasteiger charge is -2.48. The minimum absolute atomic E-state index is 0.203. The minimum atomic E-state index is 0.203. The van der Waals surface area contributed by atoms with Crippen LogP contribution in [0.1, 0.15) is 40.5 Å². The maximum absolute atomic E-state index is 5.79. The van der Waals surface area contributed by atoms with Gasteiger partial charge in [0.05, 0.1) is 0 Å². The van der Waals surface area contributed by atoms with Crippen LogP contribution >= 0.6 is 0 Å². The molecule has 1 saturated heterocycles. The van der Waals surface area contributed by atoms with Crippen LogP contribution in [0.25, 0.3) is 0 Å². The Labute approximate surface area is 94.0 Å². The van der Waals surface area contributed by atoms with Crippen LogP contribution < -0.4 is 16.8 Å². The van der Waals surface area contributed by atoms with Crippen LogP contribution in [0.2, 0.25) is 0 Å². The average Bonchev–Trinajstić information content (AvgIpc) is 2.00. The molecule has 5 N–H and O–H groups in total. The van der Waals surface area contributed by atoms with E-state index in [1.165, 1.54) is 12.8 Å². The first-order valence-electron chi connectivity index (χ1n) is 5.99. The van der Waals surface area contributed by atoms with Gasteiger partial charge in [-0.1, -0.05) is 0 Å². The fraction of sp³-hybridized carbons (Fsp3) is 1.00. The molecule has 1 fully saturated rings. The van der Waals surface area contributed by atoms with Crippen molar-refractivity contribution in [1.29, 1.82) is 0 Å². The highest BCUT2D eigenvalue weighted by Crippen LogP contribution is 2.36. The van der Waals surface area contributed by atoms with Gasteiger partial charge < -0.3 is 16.8 Å². The summed E-state index contributed by atoms with van der Waals surface area (Å²) in [6.45, 7) is 10.5. The van der Waals surface area contributed by atoms with Gasteiger partial charge in [0, 0.05) is 11.1 Å². The second-order valence-corrected chi connectivity index (χ2v) is 6.29. The Balaban J connectivity index is 2.74. The van der Waals surface area contributed by atoms with Gasteiger partial charge in [0.15, 0.2) is 0 Å². The van der Waals surface area contributed by atoms with Crippen molar-refractivity contribution in [3.8, 4) is 0 Å². The number of piperidine rings is 1. The Morgan fingerprint density at radius 2 is 1.47 bits per heavy atom. The van der Waals surface area contributed by atoms with Crippen molar-refractivity contribution in [3.05, 3.63) is 0 Å². The van der Waals surface area contributed by atoms with Crippen LogP contribution in [0.15, 0.2) is 0 Å². The molecule has 15 heavy (non-hydrogen) atoms. The lowest BCUT2D eigenvalue weighted by atomic mass is 9.71. The van der Waals surface area contributed by atoms with Gasteiger partial charge in [-0.15, -0.1) is 0 Å². The van der Waals surface area contributed by atoms with Crippen LogP contribution in [-0.4, -0.2) is 24.2 Å². The van der Waals surface area contributed by atoms with Crippen molar-refractivity contribution in [2.45, 2.75) is 51.6 Å². The van der Waals surface area contributed by atoms with Gasteiger partial charge >= 0.3 is 0 Å². The van der Waals surface area contributed by atoms with Crippen molar-refractivity contribution < 1.29 is 0 Å². The first-order valence-corrected chi connectivity index (χ1v) is 5.99. The molecule has 0 radical (unpaired) electrons. The highest BCUT2D eigenvalue weighted by Gasteiger charge is 2.39. The number of hydrogen-bond donors (Lipinski definition) is 3. The molecule has 3 heteroatoms. The van der Waals surface area contributed by atoms with E-state index in [0.29, 0.717) is 24.9 Å². The summed E-state index contributed by atoms with van der Waals surface area (Å²) in [7, 11) is 0. The van der Waals surface area contributed by atoms with E-state index in [1.807, 2.05) is 0 Å². The molecule has 0 unspecified atom stereocenters. The zero-order chi connectivity index (χ0) is 11.7. The van der Waals surface area contributed by atoms with E-state index in [0.717, 1.165) is 0 Å². The molecule has 1 aliphatic heterocycles. The first-order chi connectivity index (χ1) is 6.79. The molecule has 0 saturated carbocycles. The van der Waals surface area contributed by atoms with Gasteiger partial charge in [0.2, 0.25) is 0 Å². The Bertz CT molecular complexity index is 191. The summed E-state index contributed by atoms with van der Waals surface area (Å²) in [6, 6.07) is 0. The molecule has 0 aromatic heterocycles. The molecule has 1 heterocycles. The molecule has 0 spiro atoms. The smallest absolute Gasteiger partial charge is 0.0132 e. The second kappa shape index (κ2) is 4.40. The predicted molar refractivity (Wildman–Crippen MR) is 65.6 cm³/mol. The molecule has 0 atom stereocenters. The summed E-state index contributed by atoms with van der Waals surface area (Å²) in [5.41, 5.74) is 12.0. The Morgan fingerprint density at radius 3 is 1.80 bits per heavy atom. The van der Waals surface area contributed by atoms with E-state index in [2.05, 4.69) is 33.0 Å². The number of rotatable bonds is 3. The van der Waals surface area contributed by atoms with Crippen molar-refractivity contribution in [2.24, 2.45) is 23.3 Å². The van der Waals surface area contributed by atoms with E-state index in [4.69, 9.17) is 11.5 Å². The summed E-state index contributed by atoms with van der Waals surface area (Å²) < 4.78 is 0. The molecule has 0 amide bonds. The fourth-order valence-electron chi connectivity index (χ4n) is 3.22. The summed E-state index contributed by atoms with van der Waals surface area (Å²) in [6.07, 6.45) is 2.35. The summed E-state index contributed by atoms with van der Waals surface area (Å²) in [4.78, 5) is 0. The van der Waals surface area contributed by atoms with Gasteiger partial charge in [-0.25, -0.2) is 0 Å². The standard InChI is InChI=1S/C12H27N3/c1-11(2)5-9(10(7-13)8-14)6-12(3,4)15-11/h9-10,15H,5-8,13-14H2,1-4H3. The lowest BCUT2D eigenvalue weighted by Crippen LogP contribution is -2.59. The monoisotopic (exact) mass is 213 g/mol. The molecular weight excluding hydrogens is 186 g/mol. The maximum Gasteiger partial charge on any atom is 0.0132 e. The number of nitrogens with one attached hydrogen (secondary N) is 1. The van der Waals surface area contributed by atoms with Crippen molar-refractivity contribution >= 4 is 0 Å². The van der Waals surface area contributed by atoms with Crippen LogP contribution in [0, 0.1) is 11.8 Å². The van der Waals surface area contributed by atoms with E-state index in [9.17, 15) is 0 Å². The van der Waals surface area contributed by atoms with E-state index >= 15 is 0 Å². The summed E-state index contributed by atoms with van der Waals surface area (Å²) in [5, 5.41) is 3.68. The van der Waals surface area contributed by atoms with E-state index in [-0.39, 0.29) is 11.1 Å². The summed E-state index contributed by atoms with van der Waals surface area (Å²) in [5.74, 6) is 1.14. The Kier molecular flexibility index (Phi) is 3.80. The fourth-order valence-corrected chi connectivity index (χ4v) is 3.22. The van der Waals surface area contributed by atoms with Crippen molar-refractivity contribution in [3.63, 3.8) is 0 Å². The maximum atomic E-state index is 5.79. The Morgan fingerprint density at radius 1 is 1.07 bits per heavy atom.